The Morgan fingerprint density at radius 3 is 2.31 bits per heavy atom. The highest BCUT2D eigenvalue weighted by Crippen LogP contribution is 2.19. The molecule has 1 aliphatic heterocycles. The molecule has 5 nitrogen and oxygen atoms in total. The highest BCUT2D eigenvalue weighted by atomic mass is 35.5. The second kappa shape index (κ2) is 9.55. The van der Waals surface area contributed by atoms with E-state index in [1.165, 1.54) is 0 Å². The van der Waals surface area contributed by atoms with Gasteiger partial charge in [-0.25, -0.2) is 0 Å². The number of ketones is 1. The lowest BCUT2D eigenvalue weighted by Crippen LogP contribution is -2.40. The molecule has 1 aromatic heterocycles. The average Bonchev–Trinajstić information content (AvgIpc) is 3.20. The van der Waals surface area contributed by atoms with E-state index < -0.39 is 0 Å². The summed E-state index contributed by atoms with van der Waals surface area (Å²) in [5, 5.41) is 3.38. The maximum Gasteiger partial charge on any atom is 0.253 e. The molecule has 2 heterocycles. The third kappa shape index (κ3) is 4.74. The number of carbonyl (C=O) groups excluding carboxylic acids is 2. The molecular weight excluding hydrogens is 350 g/mol. The molecular formula is C20H26ClN3O2. The lowest BCUT2D eigenvalue weighted by Gasteiger charge is -2.32. The molecule has 0 unspecified atom stereocenters. The first-order chi connectivity index (χ1) is 12.2. The summed E-state index contributed by atoms with van der Waals surface area (Å²) in [6, 6.07) is 8.74. The minimum atomic E-state index is -0.0375. The molecule has 3 rings (SSSR count). The number of piperidine rings is 1. The van der Waals surface area contributed by atoms with Gasteiger partial charge in [-0.1, -0.05) is 19.1 Å². The molecule has 0 spiro atoms. The predicted octanol–water partition coefficient (Wildman–Crippen LogP) is 3.13. The van der Waals surface area contributed by atoms with Crippen LogP contribution in [0.3, 0.4) is 0 Å². The molecule has 1 aromatic carbocycles. The van der Waals surface area contributed by atoms with E-state index in [9.17, 15) is 9.59 Å². The first kappa shape index (κ1) is 20.2. The lowest BCUT2D eigenvalue weighted by molar-refractivity contribution is 0.0690. The molecule has 6 heteroatoms. The lowest BCUT2D eigenvalue weighted by atomic mass is 9.96. The van der Waals surface area contributed by atoms with Crippen LogP contribution in [0.2, 0.25) is 0 Å². The van der Waals surface area contributed by atoms with Crippen molar-refractivity contribution in [1.82, 2.24) is 15.2 Å². The fraction of sp³-hybridized carbons (Fsp3) is 0.400. The van der Waals surface area contributed by atoms with Gasteiger partial charge >= 0.3 is 0 Å². The Hall–Kier alpha value is -2.11. The van der Waals surface area contributed by atoms with E-state index in [-0.39, 0.29) is 24.1 Å². The van der Waals surface area contributed by atoms with Crippen LogP contribution in [0.15, 0.2) is 42.7 Å². The van der Waals surface area contributed by atoms with Gasteiger partial charge in [0.1, 0.15) is 0 Å². The highest BCUT2D eigenvalue weighted by molar-refractivity contribution is 6.09. The fourth-order valence-corrected chi connectivity index (χ4v) is 3.27. The Bertz CT molecular complexity index is 705. The standard InChI is InChI=1S/C20H25N3O2.ClH/c1-2-21-13-15-8-11-23(12-9-15)20(25)17-5-3-16(4-6-17)19(24)18-7-10-22-14-18;/h3-7,10,14-15,21-22H,2,8-9,11-13H2,1H3;1H. The molecule has 0 atom stereocenters. The van der Waals surface area contributed by atoms with Crippen molar-refractivity contribution in [2.45, 2.75) is 19.8 Å². The van der Waals surface area contributed by atoms with Crippen LogP contribution in [-0.2, 0) is 0 Å². The number of amides is 1. The Balaban J connectivity index is 0.00000243. The minimum absolute atomic E-state index is 0. The summed E-state index contributed by atoms with van der Waals surface area (Å²) in [4.78, 5) is 29.7. The van der Waals surface area contributed by atoms with Gasteiger partial charge in [0.15, 0.2) is 5.78 Å². The maximum atomic E-state index is 12.7. The third-order valence-corrected chi connectivity index (χ3v) is 4.84. The van der Waals surface area contributed by atoms with Crippen molar-refractivity contribution in [3.8, 4) is 0 Å². The zero-order chi connectivity index (χ0) is 17.6. The van der Waals surface area contributed by atoms with Crippen LogP contribution >= 0.6 is 12.4 Å². The number of nitrogens with zero attached hydrogens (tertiary/aromatic N) is 1. The number of carbonyl (C=O) groups is 2. The first-order valence-electron chi connectivity index (χ1n) is 8.96. The van der Waals surface area contributed by atoms with Gasteiger partial charge in [0.05, 0.1) is 0 Å². The SMILES string of the molecule is CCNCC1CCN(C(=O)c2ccc(C(=O)c3cc[nH]c3)cc2)CC1.Cl. The molecule has 0 bridgehead atoms. The van der Waals surface area contributed by atoms with E-state index in [4.69, 9.17) is 0 Å². The molecule has 1 amide bonds. The van der Waals surface area contributed by atoms with Crippen molar-refractivity contribution >= 4 is 24.1 Å². The molecule has 0 saturated carbocycles. The Kier molecular flexibility index (Phi) is 7.42. The van der Waals surface area contributed by atoms with Gasteiger partial charge < -0.3 is 15.2 Å². The number of halogens is 1. The van der Waals surface area contributed by atoms with Crippen LogP contribution in [0.1, 0.15) is 46.0 Å². The average molecular weight is 376 g/mol. The molecule has 0 radical (unpaired) electrons. The van der Waals surface area contributed by atoms with Crippen molar-refractivity contribution in [3.05, 3.63) is 59.4 Å². The number of likely N-dealkylation sites (tertiary alicyclic amines) is 1. The number of benzene rings is 1. The molecule has 1 saturated heterocycles. The van der Waals surface area contributed by atoms with Crippen molar-refractivity contribution in [2.24, 2.45) is 5.92 Å². The van der Waals surface area contributed by atoms with Crippen LogP contribution in [0, 0.1) is 5.92 Å². The topological polar surface area (TPSA) is 65.2 Å². The molecule has 0 aliphatic carbocycles. The van der Waals surface area contributed by atoms with E-state index in [2.05, 4.69) is 17.2 Å². The van der Waals surface area contributed by atoms with Crippen molar-refractivity contribution in [3.63, 3.8) is 0 Å². The summed E-state index contributed by atoms with van der Waals surface area (Å²) in [5.41, 5.74) is 1.87. The van der Waals surface area contributed by atoms with Crippen molar-refractivity contribution in [1.29, 1.82) is 0 Å². The van der Waals surface area contributed by atoms with E-state index in [0.717, 1.165) is 39.0 Å². The van der Waals surface area contributed by atoms with Crippen LogP contribution < -0.4 is 5.32 Å². The summed E-state index contributed by atoms with van der Waals surface area (Å²) < 4.78 is 0. The Labute approximate surface area is 160 Å². The molecule has 26 heavy (non-hydrogen) atoms. The zero-order valence-electron chi connectivity index (χ0n) is 15.0. The van der Waals surface area contributed by atoms with E-state index in [0.29, 0.717) is 22.6 Å². The van der Waals surface area contributed by atoms with Gasteiger partial charge in [-0.3, -0.25) is 9.59 Å². The van der Waals surface area contributed by atoms with E-state index in [1.807, 2.05) is 4.90 Å². The zero-order valence-corrected chi connectivity index (χ0v) is 15.8. The summed E-state index contributed by atoms with van der Waals surface area (Å²) in [7, 11) is 0. The van der Waals surface area contributed by atoms with E-state index in [1.54, 1.807) is 42.7 Å². The second-order valence-corrected chi connectivity index (χ2v) is 6.55. The largest absolute Gasteiger partial charge is 0.367 e. The molecule has 2 aromatic rings. The van der Waals surface area contributed by atoms with Crippen LogP contribution in [0.25, 0.3) is 0 Å². The first-order valence-corrected chi connectivity index (χ1v) is 8.96. The van der Waals surface area contributed by atoms with Gasteiger partial charge in [-0.05, 0) is 50.0 Å². The summed E-state index contributed by atoms with van der Waals surface area (Å²) >= 11 is 0. The Morgan fingerprint density at radius 1 is 1.08 bits per heavy atom. The van der Waals surface area contributed by atoms with Gasteiger partial charge in [-0.15, -0.1) is 12.4 Å². The van der Waals surface area contributed by atoms with Gasteiger partial charge in [0, 0.05) is 42.2 Å². The number of nitrogens with one attached hydrogen (secondary N) is 2. The monoisotopic (exact) mass is 375 g/mol. The number of hydrogen-bond acceptors (Lipinski definition) is 3. The molecule has 1 fully saturated rings. The molecule has 2 N–H and O–H groups in total. The van der Waals surface area contributed by atoms with Crippen LogP contribution in [-0.4, -0.2) is 47.8 Å². The minimum Gasteiger partial charge on any atom is -0.367 e. The number of aromatic nitrogens is 1. The van der Waals surface area contributed by atoms with Crippen molar-refractivity contribution in [2.75, 3.05) is 26.2 Å². The van der Waals surface area contributed by atoms with Crippen molar-refractivity contribution < 1.29 is 9.59 Å². The summed E-state index contributed by atoms with van der Waals surface area (Å²) in [6.45, 7) is 5.75. The number of rotatable bonds is 6. The fourth-order valence-electron chi connectivity index (χ4n) is 3.27. The number of hydrogen-bond donors (Lipinski definition) is 2. The third-order valence-electron chi connectivity index (χ3n) is 4.84. The van der Waals surface area contributed by atoms with Crippen LogP contribution in [0.5, 0.6) is 0 Å². The van der Waals surface area contributed by atoms with Gasteiger partial charge in [-0.2, -0.15) is 0 Å². The van der Waals surface area contributed by atoms with Gasteiger partial charge in [0.25, 0.3) is 5.91 Å². The Morgan fingerprint density at radius 2 is 1.73 bits per heavy atom. The second-order valence-electron chi connectivity index (χ2n) is 6.55. The smallest absolute Gasteiger partial charge is 0.253 e. The number of H-pyrrole nitrogens is 1. The molecule has 1 aliphatic rings. The van der Waals surface area contributed by atoms with Gasteiger partial charge in [0.2, 0.25) is 0 Å². The molecule has 140 valence electrons. The quantitative estimate of drug-likeness (QED) is 0.762. The van der Waals surface area contributed by atoms with Crippen LogP contribution in [0.4, 0.5) is 0 Å². The van der Waals surface area contributed by atoms with E-state index >= 15 is 0 Å². The normalized spacial score (nSPS) is 14.7. The number of aromatic amines is 1. The summed E-state index contributed by atoms with van der Waals surface area (Å²) in [6.07, 6.45) is 5.50. The summed E-state index contributed by atoms with van der Waals surface area (Å²) in [5.74, 6) is 0.678. The predicted molar refractivity (Wildman–Crippen MR) is 105 cm³/mol. The highest BCUT2D eigenvalue weighted by Gasteiger charge is 2.23. The maximum absolute atomic E-state index is 12.7.